The van der Waals surface area contributed by atoms with Crippen LogP contribution in [0.2, 0.25) is 0 Å². The molecule has 0 spiro atoms. The Morgan fingerprint density at radius 1 is 1.47 bits per heavy atom. The average Bonchev–Trinajstić information content (AvgIpc) is 2.27. The first-order valence-electron chi connectivity index (χ1n) is 6.42. The van der Waals surface area contributed by atoms with Crippen LogP contribution >= 0.6 is 0 Å². The average molecular weight is 235 g/mol. The number of pyridine rings is 1. The van der Waals surface area contributed by atoms with Crippen molar-refractivity contribution in [3.63, 3.8) is 0 Å². The number of aromatic nitrogens is 1. The van der Waals surface area contributed by atoms with Crippen LogP contribution in [0.1, 0.15) is 32.6 Å². The molecule has 1 aromatic heterocycles. The Bertz CT molecular complexity index is 364. The van der Waals surface area contributed by atoms with Crippen LogP contribution in [0.25, 0.3) is 0 Å². The fraction of sp³-hybridized carbons (Fsp3) is 0.615. The molecule has 1 fully saturated rings. The monoisotopic (exact) mass is 235 g/mol. The molecule has 17 heavy (non-hydrogen) atoms. The fourth-order valence-electron chi connectivity index (χ4n) is 1.81. The minimum absolute atomic E-state index is 0.547. The van der Waals surface area contributed by atoms with E-state index in [9.17, 15) is 0 Å². The second-order valence-electron chi connectivity index (χ2n) is 4.62. The maximum absolute atomic E-state index is 5.81. The zero-order valence-electron chi connectivity index (χ0n) is 10.4. The molecule has 4 heteroatoms. The van der Waals surface area contributed by atoms with Crippen molar-refractivity contribution in [2.45, 2.75) is 32.6 Å². The number of hydrogen-bond acceptors (Lipinski definition) is 4. The maximum Gasteiger partial charge on any atom is 0.239 e. The standard InChI is InChI=1S/C13H21N3O/c1-2-8-17-13-11(14)6-7-12(16-13)15-9-10-4-3-5-10/h6-7,10H,2-5,8-9,14H2,1H3,(H,15,16). The van der Waals surface area contributed by atoms with Gasteiger partial charge in [0.1, 0.15) is 5.82 Å². The minimum Gasteiger partial charge on any atom is -0.476 e. The highest BCUT2D eigenvalue weighted by molar-refractivity contribution is 5.53. The molecule has 0 saturated heterocycles. The second-order valence-corrected chi connectivity index (χ2v) is 4.62. The Morgan fingerprint density at radius 2 is 2.29 bits per heavy atom. The Morgan fingerprint density at radius 3 is 2.94 bits per heavy atom. The number of nitrogens with zero attached hydrogens (tertiary/aromatic N) is 1. The van der Waals surface area contributed by atoms with Crippen molar-refractivity contribution >= 4 is 11.5 Å². The molecule has 1 heterocycles. The van der Waals surface area contributed by atoms with E-state index < -0.39 is 0 Å². The number of ether oxygens (including phenoxy) is 1. The van der Waals surface area contributed by atoms with E-state index in [4.69, 9.17) is 10.5 Å². The number of rotatable bonds is 6. The van der Waals surface area contributed by atoms with Crippen LogP contribution in [0.5, 0.6) is 5.88 Å². The second kappa shape index (κ2) is 5.75. The van der Waals surface area contributed by atoms with Gasteiger partial charge in [-0.05, 0) is 37.3 Å². The quantitative estimate of drug-likeness (QED) is 0.795. The summed E-state index contributed by atoms with van der Waals surface area (Å²) < 4.78 is 5.50. The van der Waals surface area contributed by atoms with E-state index in [-0.39, 0.29) is 0 Å². The van der Waals surface area contributed by atoms with Gasteiger partial charge in [0.25, 0.3) is 0 Å². The van der Waals surface area contributed by atoms with Crippen LogP contribution in [-0.2, 0) is 0 Å². The Hall–Kier alpha value is -1.45. The number of nitrogens with one attached hydrogen (secondary N) is 1. The van der Waals surface area contributed by atoms with Crippen molar-refractivity contribution in [2.24, 2.45) is 5.92 Å². The largest absolute Gasteiger partial charge is 0.476 e. The van der Waals surface area contributed by atoms with E-state index in [2.05, 4.69) is 17.2 Å². The first-order valence-corrected chi connectivity index (χ1v) is 6.42. The van der Waals surface area contributed by atoms with E-state index >= 15 is 0 Å². The van der Waals surface area contributed by atoms with Gasteiger partial charge in [0.15, 0.2) is 0 Å². The summed E-state index contributed by atoms with van der Waals surface area (Å²) in [5.41, 5.74) is 6.41. The van der Waals surface area contributed by atoms with E-state index in [0.717, 1.165) is 24.7 Å². The fourth-order valence-corrected chi connectivity index (χ4v) is 1.81. The summed E-state index contributed by atoms with van der Waals surface area (Å²) in [6.07, 6.45) is 5.00. The Balaban J connectivity index is 1.91. The summed E-state index contributed by atoms with van der Waals surface area (Å²) in [6.45, 7) is 3.72. The van der Waals surface area contributed by atoms with Crippen molar-refractivity contribution in [1.82, 2.24) is 4.98 Å². The number of hydrogen-bond donors (Lipinski definition) is 2. The number of nitrogen functional groups attached to an aromatic ring is 1. The smallest absolute Gasteiger partial charge is 0.239 e. The highest BCUT2D eigenvalue weighted by Crippen LogP contribution is 2.27. The lowest BCUT2D eigenvalue weighted by molar-refractivity contribution is 0.307. The molecule has 1 aliphatic rings. The van der Waals surface area contributed by atoms with Gasteiger partial charge in [0.2, 0.25) is 5.88 Å². The van der Waals surface area contributed by atoms with E-state index in [1.54, 1.807) is 0 Å². The first kappa shape index (κ1) is 12.0. The summed E-state index contributed by atoms with van der Waals surface area (Å²) >= 11 is 0. The predicted molar refractivity (Wildman–Crippen MR) is 70.3 cm³/mol. The number of nitrogens with two attached hydrogens (primary N) is 1. The summed E-state index contributed by atoms with van der Waals surface area (Å²) in [5, 5.41) is 3.34. The normalized spacial score (nSPS) is 15.4. The molecule has 0 aliphatic heterocycles. The Kier molecular flexibility index (Phi) is 4.07. The van der Waals surface area contributed by atoms with Crippen LogP contribution in [0.15, 0.2) is 12.1 Å². The van der Waals surface area contributed by atoms with Gasteiger partial charge in [0, 0.05) is 6.54 Å². The molecular formula is C13H21N3O. The molecule has 4 nitrogen and oxygen atoms in total. The van der Waals surface area contributed by atoms with Crippen LogP contribution in [0.4, 0.5) is 11.5 Å². The summed E-state index contributed by atoms with van der Waals surface area (Å²) in [5.74, 6) is 2.22. The highest BCUT2D eigenvalue weighted by Gasteiger charge is 2.17. The molecule has 0 amide bonds. The first-order chi connectivity index (χ1) is 8.29. The number of anilines is 2. The topological polar surface area (TPSA) is 60.2 Å². The summed E-state index contributed by atoms with van der Waals surface area (Å²) in [6, 6.07) is 3.76. The van der Waals surface area contributed by atoms with Crippen molar-refractivity contribution in [3.05, 3.63) is 12.1 Å². The zero-order chi connectivity index (χ0) is 12.1. The van der Waals surface area contributed by atoms with Crippen LogP contribution in [0, 0.1) is 5.92 Å². The molecule has 1 aromatic rings. The molecular weight excluding hydrogens is 214 g/mol. The van der Waals surface area contributed by atoms with Crippen molar-refractivity contribution in [2.75, 3.05) is 24.2 Å². The lowest BCUT2D eigenvalue weighted by Gasteiger charge is -2.25. The van der Waals surface area contributed by atoms with E-state index in [0.29, 0.717) is 18.2 Å². The molecule has 0 aromatic carbocycles. The van der Waals surface area contributed by atoms with Crippen molar-refractivity contribution in [1.29, 1.82) is 0 Å². The summed E-state index contributed by atoms with van der Waals surface area (Å²) in [7, 11) is 0. The molecule has 2 rings (SSSR count). The molecule has 3 N–H and O–H groups in total. The molecule has 0 atom stereocenters. The lowest BCUT2D eigenvalue weighted by Crippen LogP contribution is -2.21. The van der Waals surface area contributed by atoms with Crippen LogP contribution in [-0.4, -0.2) is 18.1 Å². The van der Waals surface area contributed by atoms with Gasteiger partial charge >= 0.3 is 0 Å². The molecule has 0 unspecified atom stereocenters. The van der Waals surface area contributed by atoms with Crippen LogP contribution in [0.3, 0.4) is 0 Å². The van der Waals surface area contributed by atoms with Crippen molar-refractivity contribution in [3.8, 4) is 5.88 Å². The van der Waals surface area contributed by atoms with E-state index in [1.165, 1.54) is 19.3 Å². The highest BCUT2D eigenvalue weighted by atomic mass is 16.5. The maximum atomic E-state index is 5.81. The third kappa shape index (κ3) is 3.25. The van der Waals surface area contributed by atoms with Gasteiger partial charge in [-0.15, -0.1) is 0 Å². The minimum atomic E-state index is 0.547. The lowest BCUT2D eigenvalue weighted by atomic mass is 9.85. The van der Waals surface area contributed by atoms with Gasteiger partial charge in [-0.2, -0.15) is 4.98 Å². The third-order valence-corrected chi connectivity index (χ3v) is 3.13. The van der Waals surface area contributed by atoms with Crippen LogP contribution < -0.4 is 15.8 Å². The van der Waals surface area contributed by atoms with Gasteiger partial charge in [0.05, 0.1) is 12.3 Å². The van der Waals surface area contributed by atoms with E-state index in [1.807, 2.05) is 12.1 Å². The van der Waals surface area contributed by atoms with Gasteiger partial charge in [-0.3, -0.25) is 0 Å². The van der Waals surface area contributed by atoms with Gasteiger partial charge in [-0.1, -0.05) is 13.3 Å². The third-order valence-electron chi connectivity index (χ3n) is 3.13. The molecule has 0 radical (unpaired) electrons. The molecule has 1 aliphatic carbocycles. The van der Waals surface area contributed by atoms with Gasteiger partial charge in [-0.25, -0.2) is 0 Å². The summed E-state index contributed by atoms with van der Waals surface area (Å²) in [4.78, 5) is 4.38. The predicted octanol–water partition coefficient (Wildman–Crippen LogP) is 2.66. The SMILES string of the molecule is CCCOc1nc(NCC2CCC2)ccc1N. The van der Waals surface area contributed by atoms with Crippen molar-refractivity contribution < 1.29 is 4.74 Å². The molecule has 94 valence electrons. The zero-order valence-corrected chi connectivity index (χ0v) is 10.4. The molecule has 0 bridgehead atoms. The Labute approximate surface area is 103 Å². The van der Waals surface area contributed by atoms with Gasteiger partial charge < -0.3 is 15.8 Å². The molecule has 1 saturated carbocycles.